The van der Waals surface area contributed by atoms with Gasteiger partial charge >= 0.3 is 0 Å². The third-order valence-electron chi connectivity index (χ3n) is 3.99. The van der Waals surface area contributed by atoms with Crippen molar-refractivity contribution in [1.29, 1.82) is 0 Å². The van der Waals surface area contributed by atoms with Crippen molar-refractivity contribution in [3.63, 3.8) is 0 Å². The third-order valence-corrected chi connectivity index (χ3v) is 5.92. The smallest absolute Gasteiger partial charge is 0.206 e. The minimum Gasteiger partial charge on any atom is -0.321 e. The summed E-state index contributed by atoms with van der Waals surface area (Å²) in [5.74, 6) is -1.42. The minimum atomic E-state index is -1.54. The highest BCUT2D eigenvalue weighted by atomic mass is 31.2. The van der Waals surface area contributed by atoms with E-state index in [0.717, 1.165) is 0 Å². The average molecular weight is 334 g/mol. The van der Waals surface area contributed by atoms with Crippen LogP contribution in [-0.4, -0.2) is 18.3 Å². The summed E-state index contributed by atoms with van der Waals surface area (Å²) in [7, 11) is -0.254. The molecule has 1 aliphatic rings. The molecule has 1 fully saturated rings. The molecule has 1 aliphatic heterocycles. The van der Waals surface area contributed by atoms with E-state index in [0.29, 0.717) is 5.30 Å². The molecule has 0 bridgehead atoms. The second kappa shape index (κ2) is 6.10. The van der Waals surface area contributed by atoms with Gasteiger partial charge in [0.1, 0.15) is 17.7 Å². The van der Waals surface area contributed by atoms with Gasteiger partial charge in [-0.3, -0.25) is 0 Å². The van der Waals surface area contributed by atoms with E-state index in [1.165, 1.54) is 26.2 Å². The van der Waals surface area contributed by atoms with E-state index in [2.05, 4.69) is 4.89 Å². The van der Waals surface area contributed by atoms with E-state index in [1.807, 2.05) is 27.7 Å². The maximum absolute atomic E-state index is 14.2. The monoisotopic (exact) mass is 334 g/mol. The molecule has 0 amide bonds. The molecule has 0 saturated carbocycles. The SMILES string of the molecule is COOC(C)c1c(F)cc(P2OC(C)(C)C(C)(C)O2)cc1F. The molecule has 1 heterocycles. The molecule has 0 spiro atoms. The molecular formula is C15H21F2O4P. The van der Waals surface area contributed by atoms with Crippen molar-refractivity contribution in [2.75, 3.05) is 7.11 Å². The predicted molar refractivity (Wildman–Crippen MR) is 79.7 cm³/mol. The molecule has 7 heteroatoms. The molecule has 1 atom stereocenters. The van der Waals surface area contributed by atoms with Crippen LogP contribution in [0.25, 0.3) is 0 Å². The second-order valence-electron chi connectivity index (χ2n) is 6.19. The summed E-state index contributed by atoms with van der Waals surface area (Å²) in [5.41, 5.74) is -1.27. The molecule has 0 aromatic heterocycles. The Labute approximate surface area is 130 Å². The molecular weight excluding hydrogens is 313 g/mol. The molecule has 0 aliphatic carbocycles. The fourth-order valence-corrected chi connectivity index (χ4v) is 3.97. The van der Waals surface area contributed by atoms with Crippen LogP contribution in [0, 0.1) is 11.6 Å². The summed E-state index contributed by atoms with van der Waals surface area (Å²) in [6.45, 7) is 9.08. The molecule has 1 aromatic rings. The van der Waals surface area contributed by atoms with Crippen LogP contribution in [0.4, 0.5) is 8.78 Å². The van der Waals surface area contributed by atoms with Gasteiger partial charge in [-0.1, -0.05) is 0 Å². The van der Waals surface area contributed by atoms with E-state index in [4.69, 9.17) is 13.9 Å². The average Bonchev–Trinajstić information content (AvgIpc) is 2.58. The van der Waals surface area contributed by atoms with Crippen LogP contribution in [0.2, 0.25) is 0 Å². The van der Waals surface area contributed by atoms with Gasteiger partial charge in [-0.25, -0.2) is 18.6 Å². The summed E-state index contributed by atoms with van der Waals surface area (Å²) in [6, 6.07) is 2.47. The van der Waals surface area contributed by atoms with Crippen LogP contribution < -0.4 is 5.30 Å². The molecule has 1 aromatic carbocycles. The molecule has 0 radical (unpaired) electrons. The Morgan fingerprint density at radius 1 is 1.05 bits per heavy atom. The van der Waals surface area contributed by atoms with Crippen LogP contribution in [0.5, 0.6) is 0 Å². The molecule has 0 N–H and O–H groups in total. The Bertz CT molecular complexity index is 523. The summed E-state index contributed by atoms with van der Waals surface area (Å²) in [5, 5.41) is 0.358. The van der Waals surface area contributed by atoms with Gasteiger partial charge < -0.3 is 9.05 Å². The molecule has 1 saturated heterocycles. The van der Waals surface area contributed by atoms with Gasteiger partial charge in [0.15, 0.2) is 0 Å². The third kappa shape index (κ3) is 3.17. The van der Waals surface area contributed by atoms with Gasteiger partial charge in [-0.2, -0.15) is 0 Å². The zero-order valence-electron chi connectivity index (χ0n) is 13.6. The zero-order valence-corrected chi connectivity index (χ0v) is 14.5. The summed E-state index contributed by atoms with van der Waals surface area (Å²) < 4.78 is 40.2. The molecule has 2 rings (SSSR count). The Hall–Kier alpha value is -0.650. The number of benzene rings is 1. The second-order valence-corrected chi connectivity index (χ2v) is 7.58. The summed E-state index contributed by atoms with van der Waals surface area (Å²) in [4.78, 5) is 9.26. The van der Waals surface area contributed by atoms with Gasteiger partial charge in [-0.05, 0) is 46.8 Å². The first kappa shape index (κ1) is 17.7. The van der Waals surface area contributed by atoms with E-state index < -0.39 is 37.3 Å². The molecule has 1 unspecified atom stereocenters. The number of hydrogen-bond donors (Lipinski definition) is 0. The Kier molecular flexibility index (Phi) is 4.91. The summed E-state index contributed by atoms with van der Waals surface area (Å²) >= 11 is 0. The van der Waals surface area contributed by atoms with Crippen molar-refractivity contribution in [2.24, 2.45) is 0 Å². The fourth-order valence-electron chi connectivity index (χ4n) is 2.02. The molecule has 4 nitrogen and oxygen atoms in total. The van der Waals surface area contributed by atoms with Crippen molar-refractivity contribution in [3.8, 4) is 0 Å². The Morgan fingerprint density at radius 3 is 1.91 bits per heavy atom. The fraction of sp³-hybridized carbons (Fsp3) is 0.600. The van der Waals surface area contributed by atoms with Crippen LogP contribution in [0.3, 0.4) is 0 Å². The first-order valence-electron chi connectivity index (χ1n) is 6.96. The van der Waals surface area contributed by atoms with Crippen LogP contribution in [0.1, 0.15) is 46.3 Å². The highest BCUT2D eigenvalue weighted by molar-refractivity contribution is 7.56. The van der Waals surface area contributed by atoms with Gasteiger partial charge in [0.05, 0.1) is 23.9 Å². The Morgan fingerprint density at radius 2 is 1.50 bits per heavy atom. The van der Waals surface area contributed by atoms with Crippen molar-refractivity contribution < 1.29 is 27.6 Å². The first-order chi connectivity index (χ1) is 10.1. The predicted octanol–water partition coefficient (Wildman–Crippen LogP) is 4.15. The van der Waals surface area contributed by atoms with E-state index >= 15 is 0 Å². The van der Waals surface area contributed by atoms with Crippen molar-refractivity contribution in [3.05, 3.63) is 29.3 Å². The van der Waals surface area contributed by atoms with Crippen LogP contribution >= 0.6 is 8.38 Å². The van der Waals surface area contributed by atoms with Gasteiger partial charge in [-0.15, -0.1) is 0 Å². The topological polar surface area (TPSA) is 36.9 Å². The number of rotatable bonds is 4. The van der Waals surface area contributed by atoms with Crippen molar-refractivity contribution in [2.45, 2.75) is 51.9 Å². The van der Waals surface area contributed by atoms with Gasteiger partial charge in [0.25, 0.3) is 0 Å². The largest absolute Gasteiger partial charge is 0.321 e. The summed E-state index contributed by atoms with van der Waals surface area (Å²) in [6.07, 6.45) is -0.856. The van der Waals surface area contributed by atoms with Crippen molar-refractivity contribution in [1.82, 2.24) is 0 Å². The lowest BCUT2D eigenvalue weighted by Crippen LogP contribution is -2.41. The van der Waals surface area contributed by atoms with Gasteiger partial charge in [0, 0.05) is 5.30 Å². The van der Waals surface area contributed by atoms with Crippen LogP contribution in [-0.2, 0) is 18.8 Å². The number of halogens is 2. The van der Waals surface area contributed by atoms with Crippen LogP contribution in [0.15, 0.2) is 12.1 Å². The highest BCUT2D eigenvalue weighted by Crippen LogP contribution is 2.57. The Balaban J connectivity index is 2.32. The maximum atomic E-state index is 14.2. The highest BCUT2D eigenvalue weighted by Gasteiger charge is 2.50. The first-order valence-corrected chi connectivity index (χ1v) is 8.13. The van der Waals surface area contributed by atoms with E-state index in [1.54, 1.807) is 0 Å². The lowest BCUT2D eigenvalue weighted by atomic mass is 9.90. The molecule has 124 valence electrons. The van der Waals surface area contributed by atoms with E-state index in [-0.39, 0.29) is 5.56 Å². The quantitative estimate of drug-likeness (QED) is 0.471. The lowest BCUT2D eigenvalue weighted by Gasteiger charge is -2.29. The van der Waals surface area contributed by atoms with E-state index in [9.17, 15) is 8.78 Å². The minimum absolute atomic E-state index is 0.182. The zero-order chi connectivity index (χ0) is 16.7. The molecule has 22 heavy (non-hydrogen) atoms. The lowest BCUT2D eigenvalue weighted by molar-refractivity contribution is -0.304. The maximum Gasteiger partial charge on any atom is 0.206 e. The number of hydrogen-bond acceptors (Lipinski definition) is 4. The van der Waals surface area contributed by atoms with Gasteiger partial charge in [0.2, 0.25) is 8.38 Å². The standard InChI is InChI=1S/C15H21F2O4P/c1-9(19-18-6)13-11(16)7-10(8-12(13)17)22-20-14(2,3)15(4,5)21-22/h7-9H,1-6H3. The van der Waals surface area contributed by atoms with Crippen molar-refractivity contribution >= 4 is 13.7 Å². The normalized spacial score (nSPS) is 22.0.